The minimum Gasteiger partial charge on any atom is -0.496 e. The number of hydrogen-bond donors (Lipinski definition) is 1. The molecule has 29 heavy (non-hydrogen) atoms. The maximum Gasteiger partial charge on any atom is 0.144 e. The van der Waals surface area contributed by atoms with E-state index in [1.54, 1.807) is 13.3 Å². The average molecular weight is 409 g/mol. The van der Waals surface area contributed by atoms with E-state index in [9.17, 15) is 5.11 Å². The van der Waals surface area contributed by atoms with Gasteiger partial charge in [0.1, 0.15) is 18.6 Å². The topological polar surface area (TPSA) is 56.5 Å². The normalized spacial score (nSPS) is 12.4. The van der Waals surface area contributed by atoms with Crippen LogP contribution >= 0.6 is 0 Å². The first-order chi connectivity index (χ1) is 13.9. The quantitative estimate of drug-likeness (QED) is 0.357. The van der Waals surface area contributed by atoms with E-state index >= 15 is 0 Å². The van der Waals surface area contributed by atoms with Crippen molar-refractivity contribution in [1.82, 2.24) is 9.78 Å². The van der Waals surface area contributed by atoms with Gasteiger partial charge in [0.25, 0.3) is 0 Å². The summed E-state index contributed by atoms with van der Waals surface area (Å²) in [5.74, 6) is 6.48. The molecule has 0 saturated heterocycles. The van der Waals surface area contributed by atoms with Crippen molar-refractivity contribution in [1.29, 1.82) is 0 Å². The van der Waals surface area contributed by atoms with Gasteiger partial charge in [-0.15, -0.1) is 0 Å². The van der Waals surface area contributed by atoms with Crippen molar-refractivity contribution >= 4 is 19.0 Å². The summed E-state index contributed by atoms with van der Waals surface area (Å²) in [5, 5.41) is 15.9. The van der Waals surface area contributed by atoms with Crippen LogP contribution in [-0.4, -0.2) is 36.7 Å². The van der Waals surface area contributed by atoms with Gasteiger partial charge < -0.3 is 14.6 Å². The highest BCUT2D eigenvalue weighted by molar-refractivity contribution is 6.76. The highest BCUT2D eigenvalue weighted by Gasteiger charge is 2.17. The fraction of sp³-hybridized carbons (Fsp3) is 0.348. The van der Waals surface area contributed by atoms with Crippen LogP contribution in [-0.2, 0) is 11.5 Å². The maximum absolute atomic E-state index is 10.6. The number of methoxy groups -OCH3 is 1. The van der Waals surface area contributed by atoms with Crippen molar-refractivity contribution in [2.24, 2.45) is 0 Å². The highest BCUT2D eigenvalue weighted by Crippen LogP contribution is 2.33. The SMILES string of the molecule is COc1c(C(O)C#Cc2ccccc2)ccc2c1cnn2COCC[Si](C)(C)C. The molecule has 1 unspecified atom stereocenters. The van der Waals surface area contributed by atoms with Gasteiger partial charge in [-0.3, -0.25) is 0 Å². The van der Waals surface area contributed by atoms with Crippen LogP contribution in [0, 0.1) is 11.8 Å². The average Bonchev–Trinajstić information content (AvgIpc) is 3.12. The van der Waals surface area contributed by atoms with Crippen LogP contribution in [0.25, 0.3) is 10.9 Å². The minimum absolute atomic E-state index is 0.396. The smallest absolute Gasteiger partial charge is 0.144 e. The van der Waals surface area contributed by atoms with Crippen LogP contribution in [0.2, 0.25) is 25.7 Å². The number of ether oxygens (including phenoxy) is 2. The van der Waals surface area contributed by atoms with E-state index < -0.39 is 14.2 Å². The summed E-state index contributed by atoms with van der Waals surface area (Å²) >= 11 is 0. The van der Waals surface area contributed by atoms with Gasteiger partial charge in [-0.05, 0) is 30.3 Å². The van der Waals surface area contributed by atoms with Gasteiger partial charge >= 0.3 is 0 Å². The summed E-state index contributed by atoms with van der Waals surface area (Å²) in [5.41, 5.74) is 2.39. The number of aliphatic hydroxyl groups excluding tert-OH is 1. The van der Waals surface area contributed by atoms with Crippen molar-refractivity contribution < 1.29 is 14.6 Å². The molecule has 0 saturated carbocycles. The van der Waals surface area contributed by atoms with E-state index in [2.05, 4.69) is 36.6 Å². The molecule has 1 atom stereocenters. The van der Waals surface area contributed by atoms with Crippen LogP contribution in [0.15, 0.2) is 48.7 Å². The third-order valence-electron chi connectivity index (χ3n) is 4.64. The summed E-state index contributed by atoms with van der Waals surface area (Å²) in [6.45, 7) is 8.13. The molecular formula is C23H28N2O3Si. The summed E-state index contributed by atoms with van der Waals surface area (Å²) < 4.78 is 13.2. The van der Waals surface area contributed by atoms with Gasteiger partial charge in [-0.1, -0.05) is 49.7 Å². The lowest BCUT2D eigenvalue weighted by atomic mass is 10.1. The molecule has 1 heterocycles. The Balaban J connectivity index is 1.79. The zero-order chi connectivity index (χ0) is 20.9. The first-order valence-corrected chi connectivity index (χ1v) is 13.4. The van der Waals surface area contributed by atoms with Gasteiger partial charge in [-0.25, -0.2) is 4.68 Å². The number of benzene rings is 2. The molecule has 6 heteroatoms. The van der Waals surface area contributed by atoms with Gasteiger partial charge in [0.15, 0.2) is 0 Å². The molecule has 1 aromatic heterocycles. The van der Waals surface area contributed by atoms with E-state index in [0.29, 0.717) is 18.0 Å². The lowest BCUT2D eigenvalue weighted by Gasteiger charge is -2.15. The maximum atomic E-state index is 10.6. The lowest BCUT2D eigenvalue weighted by molar-refractivity contribution is 0.0817. The van der Waals surface area contributed by atoms with Crippen LogP contribution in [0.1, 0.15) is 17.2 Å². The number of fused-ring (bicyclic) bond motifs is 1. The largest absolute Gasteiger partial charge is 0.496 e. The standard InChI is InChI=1S/C23H28N2O3Si/c1-27-23-19(22(26)13-10-18-8-6-5-7-9-18)11-12-21-20(23)16-24-25(21)17-28-14-15-29(2,3)4/h5-9,11-12,16,22,26H,14-15,17H2,1-4H3. The second-order valence-electron chi connectivity index (χ2n) is 8.15. The van der Waals surface area contributed by atoms with Crippen molar-refractivity contribution in [2.45, 2.75) is 38.5 Å². The van der Waals surface area contributed by atoms with Crippen LogP contribution in [0.3, 0.4) is 0 Å². The predicted molar refractivity (Wildman–Crippen MR) is 119 cm³/mol. The van der Waals surface area contributed by atoms with Gasteiger partial charge in [-0.2, -0.15) is 5.10 Å². The molecule has 0 radical (unpaired) electrons. The Morgan fingerprint density at radius 3 is 2.59 bits per heavy atom. The van der Waals surface area contributed by atoms with Gasteiger partial charge in [0, 0.05) is 25.8 Å². The fourth-order valence-corrected chi connectivity index (χ4v) is 3.73. The molecule has 0 amide bonds. The first kappa shape index (κ1) is 21.1. The monoisotopic (exact) mass is 408 g/mol. The Bertz CT molecular complexity index is 1010. The molecule has 152 valence electrons. The van der Waals surface area contributed by atoms with E-state index in [0.717, 1.165) is 29.1 Å². The van der Waals surface area contributed by atoms with Crippen molar-refractivity contribution in [3.05, 3.63) is 59.8 Å². The second-order valence-corrected chi connectivity index (χ2v) is 13.8. The molecule has 0 fully saturated rings. The Hall–Kier alpha value is -2.59. The number of nitrogens with zero attached hydrogens (tertiary/aromatic N) is 2. The summed E-state index contributed by atoms with van der Waals surface area (Å²) in [4.78, 5) is 0. The number of aromatic nitrogens is 2. The molecule has 0 aliphatic carbocycles. The summed E-state index contributed by atoms with van der Waals surface area (Å²) in [6.07, 6.45) is 0.794. The molecule has 0 aliphatic rings. The minimum atomic E-state index is -1.12. The van der Waals surface area contributed by atoms with Crippen LogP contribution in [0.4, 0.5) is 0 Å². The molecule has 2 aromatic carbocycles. The van der Waals surface area contributed by atoms with Crippen molar-refractivity contribution in [3.8, 4) is 17.6 Å². The van der Waals surface area contributed by atoms with Gasteiger partial charge in [0.05, 0.1) is 24.2 Å². The van der Waals surface area contributed by atoms with E-state index in [4.69, 9.17) is 9.47 Å². The Morgan fingerprint density at radius 1 is 1.14 bits per heavy atom. The molecule has 3 aromatic rings. The van der Waals surface area contributed by atoms with Crippen LogP contribution in [0.5, 0.6) is 5.75 Å². The van der Waals surface area contributed by atoms with Crippen molar-refractivity contribution in [2.75, 3.05) is 13.7 Å². The first-order valence-electron chi connectivity index (χ1n) is 9.74. The summed E-state index contributed by atoms with van der Waals surface area (Å²) in [7, 11) is 0.479. The van der Waals surface area contributed by atoms with E-state index in [-0.39, 0.29) is 0 Å². The van der Waals surface area contributed by atoms with Crippen LogP contribution < -0.4 is 4.74 Å². The molecule has 1 N–H and O–H groups in total. The highest BCUT2D eigenvalue weighted by atomic mass is 28.3. The van der Waals surface area contributed by atoms with E-state index in [1.807, 2.05) is 47.1 Å². The molecule has 0 spiro atoms. The molecule has 0 bridgehead atoms. The second kappa shape index (κ2) is 9.27. The van der Waals surface area contributed by atoms with Crippen molar-refractivity contribution in [3.63, 3.8) is 0 Å². The molecule has 0 aliphatic heterocycles. The van der Waals surface area contributed by atoms with Gasteiger partial charge in [0.2, 0.25) is 0 Å². The zero-order valence-corrected chi connectivity index (χ0v) is 18.5. The summed E-state index contributed by atoms with van der Waals surface area (Å²) in [6, 6.07) is 14.5. The predicted octanol–water partition coefficient (Wildman–Crippen LogP) is 4.44. The van der Waals surface area contributed by atoms with E-state index in [1.165, 1.54) is 0 Å². The third-order valence-corrected chi connectivity index (χ3v) is 6.35. The Labute approximate surface area is 173 Å². The molecule has 3 rings (SSSR count). The number of rotatable bonds is 7. The Kier molecular flexibility index (Phi) is 6.75. The zero-order valence-electron chi connectivity index (χ0n) is 17.5. The number of aliphatic hydroxyl groups is 1. The molecular weight excluding hydrogens is 380 g/mol. The lowest BCUT2D eigenvalue weighted by Crippen LogP contribution is -2.22. The number of hydrogen-bond acceptors (Lipinski definition) is 4. The third kappa shape index (κ3) is 5.48. The fourth-order valence-electron chi connectivity index (χ4n) is 2.97. The molecule has 5 nitrogen and oxygen atoms in total. The Morgan fingerprint density at radius 2 is 1.90 bits per heavy atom.